The van der Waals surface area contributed by atoms with Crippen molar-refractivity contribution in [2.75, 3.05) is 18.5 Å². The van der Waals surface area contributed by atoms with Crippen molar-refractivity contribution in [2.45, 2.75) is 58.9 Å². The van der Waals surface area contributed by atoms with E-state index in [-0.39, 0.29) is 30.9 Å². The Kier molecular flexibility index (Phi) is 7.44. The molecule has 1 fully saturated rings. The standard InChI is InChI=1S/C18H26N2O5S/c1-4-24-16(21)13-11(3)14(17(22)25-5-2)26-15(13)20-18(23)19-12-9-7-6-8-10-12/h12H,4-10H2,1-3H3,(H2,19,20,23). The van der Waals surface area contributed by atoms with Crippen molar-refractivity contribution in [3.63, 3.8) is 0 Å². The average molecular weight is 382 g/mol. The molecule has 7 nitrogen and oxygen atoms in total. The van der Waals surface area contributed by atoms with Gasteiger partial charge in [0.25, 0.3) is 0 Å². The minimum atomic E-state index is -0.565. The molecule has 0 unspecified atom stereocenters. The van der Waals surface area contributed by atoms with E-state index in [1.54, 1.807) is 20.8 Å². The Hall–Kier alpha value is -2.09. The molecule has 26 heavy (non-hydrogen) atoms. The summed E-state index contributed by atoms with van der Waals surface area (Å²) < 4.78 is 10.1. The van der Waals surface area contributed by atoms with Gasteiger partial charge >= 0.3 is 18.0 Å². The van der Waals surface area contributed by atoms with Crippen LogP contribution in [-0.4, -0.2) is 37.2 Å². The molecule has 0 saturated heterocycles. The van der Waals surface area contributed by atoms with Crippen LogP contribution in [0.2, 0.25) is 0 Å². The Morgan fingerprint density at radius 1 is 1.04 bits per heavy atom. The molecule has 0 atom stereocenters. The number of hydrogen-bond acceptors (Lipinski definition) is 6. The van der Waals surface area contributed by atoms with E-state index < -0.39 is 11.9 Å². The molecule has 0 aliphatic heterocycles. The third-order valence-electron chi connectivity index (χ3n) is 4.25. The van der Waals surface area contributed by atoms with Gasteiger partial charge in [-0.3, -0.25) is 5.32 Å². The maximum Gasteiger partial charge on any atom is 0.348 e. The van der Waals surface area contributed by atoms with Gasteiger partial charge in [-0.05, 0) is 39.2 Å². The number of urea groups is 1. The summed E-state index contributed by atoms with van der Waals surface area (Å²) in [5, 5.41) is 5.96. The van der Waals surface area contributed by atoms with Gasteiger partial charge in [-0.1, -0.05) is 19.3 Å². The highest BCUT2D eigenvalue weighted by atomic mass is 32.1. The second kappa shape index (κ2) is 9.56. The highest BCUT2D eigenvalue weighted by molar-refractivity contribution is 7.18. The Balaban J connectivity index is 2.21. The first-order valence-electron chi connectivity index (χ1n) is 9.03. The van der Waals surface area contributed by atoms with Gasteiger partial charge in [0.05, 0.1) is 18.8 Å². The van der Waals surface area contributed by atoms with Crippen molar-refractivity contribution >= 4 is 34.3 Å². The summed E-state index contributed by atoms with van der Waals surface area (Å²) in [6, 6.07) is -0.237. The molecule has 0 radical (unpaired) electrons. The zero-order chi connectivity index (χ0) is 19.1. The topological polar surface area (TPSA) is 93.7 Å². The van der Waals surface area contributed by atoms with Crippen LogP contribution < -0.4 is 10.6 Å². The molecule has 144 valence electrons. The highest BCUT2D eigenvalue weighted by Crippen LogP contribution is 2.34. The summed E-state index contributed by atoms with van der Waals surface area (Å²) in [5.74, 6) is -1.08. The number of rotatable bonds is 6. The van der Waals surface area contributed by atoms with E-state index in [0.29, 0.717) is 15.4 Å². The molecule has 2 rings (SSSR count). The summed E-state index contributed by atoms with van der Waals surface area (Å²) in [6.07, 6.45) is 5.31. The molecular formula is C18H26N2O5S. The van der Waals surface area contributed by atoms with E-state index in [0.717, 1.165) is 37.0 Å². The molecule has 1 aliphatic rings. The van der Waals surface area contributed by atoms with Gasteiger partial charge in [0, 0.05) is 6.04 Å². The maximum atomic E-state index is 12.3. The lowest BCUT2D eigenvalue weighted by molar-refractivity contribution is 0.0527. The van der Waals surface area contributed by atoms with Crippen molar-refractivity contribution in [3.05, 3.63) is 16.0 Å². The van der Waals surface area contributed by atoms with Crippen molar-refractivity contribution < 1.29 is 23.9 Å². The van der Waals surface area contributed by atoms with E-state index >= 15 is 0 Å². The molecule has 8 heteroatoms. The summed E-state index contributed by atoms with van der Waals surface area (Å²) in [7, 11) is 0. The summed E-state index contributed by atoms with van der Waals surface area (Å²) in [6.45, 7) is 5.50. The van der Waals surface area contributed by atoms with Gasteiger partial charge in [0.1, 0.15) is 9.88 Å². The molecule has 2 amide bonds. The van der Waals surface area contributed by atoms with Crippen LogP contribution >= 0.6 is 11.3 Å². The van der Waals surface area contributed by atoms with Crippen LogP contribution in [0.15, 0.2) is 0 Å². The number of carbonyl (C=O) groups is 3. The third-order valence-corrected chi connectivity index (χ3v) is 5.44. The normalized spacial score (nSPS) is 14.6. The molecule has 0 spiro atoms. The fraction of sp³-hybridized carbons (Fsp3) is 0.611. The van der Waals surface area contributed by atoms with E-state index in [1.807, 2.05) is 0 Å². The lowest BCUT2D eigenvalue weighted by Gasteiger charge is -2.22. The quantitative estimate of drug-likeness (QED) is 0.729. The Bertz CT molecular complexity index is 665. The molecule has 1 aromatic rings. The largest absolute Gasteiger partial charge is 0.462 e. The van der Waals surface area contributed by atoms with Crippen LogP contribution in [0, 0.1) is 6.92 Å². The number of anilines is 1. The molecular weight excluding hydrogens is 356 g/mol. The van der Waals surface area contributed by atoms with Crippen LogP contribution in [0.3, 0.4) is 0 Å². The van der Waals surface area contributed by atoms with E-state index in [2.05, 4.69) is 10.6 Å². The monoisotopic (exact) mass is 382 g/mol. The van der Waals surface area contributed by atoms with Gasteiger partial charge < -0.3 is 14.8 Å². The summed E-state index contributed by atoms with van der Waals surface area (Å²) in [5.41, 5.74) is 0.665. The first-order chi connectivity index (χ1) is 12.5. The number of hydrogen-bond donors (Lipinski definition) is 2. The second-order valence-corrected chi connectivity index (χ2v) is 7.16. The second-order valence-electron chi connectivity index (χ2n) is 6.13. The van der Waals surface area contributed by atoms with Crippen LogP contribution in [0.5, 0.6) is 0 Å². The fourth-order valence-electron chi connectivity index (χ4n) is 3.01. The first kappa shape index (κ1) is 20.2. The number of carbonyl (C=O) groups excluding carboxylic acids is 3. The van der Waals surface area contributed by atoms with Crippen LogP contribution in [0.1, 0.15) is 71.5 Å². The predicted octanol–water partition coefficient (Wildman–Crippen LogP) is 3.86. The van der Waals surface area contributed by atoms with Crippen molar-refractivity contribution in [1.82, 2.24) is 5.32 Å². The number of amides is 2. The van der Waals surface area contributed by atoms with Crippen molar-refractivity contribution in [1.29, 1.82) is 0 Å². The van der Waals surface area contributed by atoms with Gasteiger partial charge in [-0.15, -0.1) is 11.3 Å². The molecule has 1 aliphatic carbocycles. The molecule has 1 aromatic heterocycles. The van der Waals surface area contributed by atoms with Crippen LogP contribution in [-0.2, 0) is 9.47 Å². The number of thiophene rings is 1. The minimum absolute atomic E-state index is 0.139. The summed E-state index contributed by atoms with van der Waals surface area (Å²) in [4.78, 5) is 37.1. The van der Waals surface area contributed by atoms with E-state index in [9.17, 15) is 14.4 Å². The Morgan fingerprint density at radius 3 is 2.27 bits per heavy atom. The first-order valence-corrected chi connectivity index (χ1v) is 9.84. The number of nitrogens with one attached hydrogen (secondary N) is 2. The van der Waals surface area contributed by atoms with Gasteiger partial charge in [-0.2, -0.15) is 0 Å². The maximum absolute atomic E-state index is 12.3. The molecule has 1 saturated carbocycles. The summed E-state index contributed by atoms with van der Waals surface area (Å²) >= 11 is 1.03. The predicted molar refractivity (Wildman–Crippen MR) is 100.0 cm³/mol. The van der Waals surface area contributed by atoms with Crippen molar-refractivity contribution in [3.8, 4) is 0 Å². The van der Waals surface area contributed by atoms with Gasteiger partial charge in [-0.25, -0.2) is 14.4 Å². The Morgan fingerprint density at radius 2 is 1.65 bits per heavy atom. The third kappa shape index (κ3) is 4.97. The zero-order valence-electron chi connectivity index (χ0n) is 15.5. The van der Waals surface area contributed by atoms with Crippen molar-refractivity contribution in [2.24, 2.45) is 0 Å². The SMILES string of the molecule is CCOC(=O)c1sc(NC(=O)NC2CCCCC2)c(C(=O)OCC)c1C. The molecule has 1 heterocycles. The number of esters is 2. The van der Waals surface area contributed by atoms with E-state index in [1.165, 1.54) is 6.42 Å². The highest BCUT2D eigenvalue weighted by Gasteiger charge is 2.27. The lowest BCUT2D eigenvalue weighted by Crippen LogP contribution is -2.39. The molecule has 2 N–H and O–H groups in total. The Labute approximate surface area is 157 Å². The van der Waals surface area contributed by atoms with Gasteiger partial charge in [0.2, 0.25) is 0 Å². The minimum Gasteiger partial charge on any atom is -0.462 e. The van der Waals surface area contributed by atoms with Crippen LogP contribution in [0.25, 0.3) is 0 Å². The lowest BCUT2D eigenvalue weighted by atomic mass is 9.96. The number of ether oxygens (including phenoxy) is 2. The van der Waals surface area contributed by atoms with E-state index in [4.69, 9.17) is 9.47 Å². The fourth-order valence-corrected chi connectivity index (χ4v) is 4.10. The average Bonchev–Trinajstić information content (AvgIpc) is 2.92. The van der Waals surface area contributed by atoms with Gasteiger partial charge in [0.15, 0.2) is 0 Å². The molecule has 0 aromatic carbocycles. The molecule has 0 bridgehead atoms. The van der Waals surface area contributed by atoms with Crippen LogP contribution in [0.4, 0.5) is 9.80 Å². The smallest absolute Gasteiger partial charge is 0.348 e. The zero-order valence-corrected chi connectivity index (χ0v) is 16.3.